The summed E-state index contributed by atoms with van der Waals surface area (Å²) in [5.74, 6) is -0.0370. The standard InChI is InChI=1S/C25H27N3O4/c1-2-31-21-13-6-5-12-20(21)28(25(30)22-14-8-16-32-22)23(18-9-7-15-26-17-18)24(29)27-19-10-3-4-11-19/h5-9,12-17,19,23H,2-4,10-11H2,1H3,(H,27,29)/t23-/m0/s1. The Balaban J connectivity index is 1.82. The number of benzene rings is 1. The van der Waals surface area contributed by atoms with Gasteiger partial charge in [0.15, 0.2) is 5.76 Å². The number of aromatic nitrogens is 1. The van der Waals surface area contributed by atoms with Gasteiger partial charge in [0.2, 0.25) is 5.91 Å². The third-order valence-corrected chi connectivity index (χ3v) is 5.58. The number of carbonyl (C=O) groups is 2. The van der Waals surface area contributed by atoms with E-state index in [1.54, 1.807) is 48.8 Å². The second kappa shape index (κ2) is 10.1. The molecule has 166 valence electrons. The SMILES string of the molecule is CCOc1ccccc1N(C(=O)c1ccco1)[C@H](C(=O)NC1CCCC1)c1cccnc1. The lowest BCUT2D eigenvalue weighted by atomic mass is 10.0. The zero-order chi connectivity index (χ0) is 22.3. The molecule has 0 spiro atoms. The number of anilines is 1. The van der Waals surface area contributed by atoms with Crippen LogP contribution >= 0.6 is 0 Å². The highest BCUT2D eigenvalue weighted by Gasteiger charge is 2.37. The fraction of sp³-hybridized carbons (Fsp3) is 0.320. The van der Waals surface area contributed by atoms with Gasteiger partial charge < -0.3 is 14.5 Å². The van der Waals surface area contributed by atoms with Gasteiger partial charge in [0.05, 0.1) is 18.6 Å². The lowest BCUT2D eigenvalue weighted by Crippen LogP contribution is -2.46. The average Bonchev–Trinajstić information content (AvgIpc) is 3.53. The van der Waals surface area contributed by atoms with Crippen molar-refractivity contribution in [3.63, 3.8) is 0 Å². The van der Waals surface area contributed by atoms with E-state index >= 15 is 0 Å². The highest BCUT2D eigenvalue weighted by molar-refractivity contribution is 6.09. The van der Waals surface area contributed by atoms with Crippen LogP contribution in [0.1, 0.15) is 54.8 Å². The molecule has 4 rings (SSSR count). The van der Waals surface area contributed by atoms with Crippen molar-refractivity contribution in [1.29, 1.82) is 0 Å². The summed E-state index contributed by atoms with van der Waals surface area (Å²) in [5, 5.41) is 3.15. The molecule has 2 amide bonds. The maximum absolute atomic E-state index is 13.7. The Morgan fingerprint density at radius 1 is 1.16 bits per heavy atom. The summed E-state index contributed by atoms with van der Waals surface area (Å²) in [6, 6.07) is 13.2. The first kappa shape index (κ1) is 21.6. The van der Waals surface area contributed by atoms with E-state index in [1.165, 1.54) is 11.2 Å². The summed E-state index contributed by atoms with van der Waals surface area (Å²) in [6.45, 7) is 2.30. The van der Waals surface area contributed by atoms with Crippen LogP contribution in [-0.2, 0) is 4.79 Å². The summed E-state index contributed by atoms with van der Waals surface area (Å²) in [6.07, 6.45) is 8.75. The van der Waals surface area contributed by atoms with Crippen LogP contribution in [0.25, 0.3) is 0 Å². The highest BCUT2D eigenvalue weighted by atomic mass is 16.5. The molecule has 7 nitrogen and oxygen atoms in total. The predicted octanol–water partition coefficient (Wildman–Crippen LogP) is 4.52. The lowest BCUT2D eigenvalue weighted by molar-refractivity contribution is -0.123. The molecule has 2 aromatic heterocycles. The van der Waals surface area contributed by atoms with Gasteiger partial charge in [-0.3, -0.25) is 19.5 Å². The third kappa shape index (κ3) is 4.66. The Hall–Kier alpha value is -3.61. The number of amides is 2. The Bertz CT molecular complexity index is 1030. The topological polar surface area (TPSA) is 84.7 Å². The Morgan fingerprint density at radius 3 is 2.66 bits per heavy atom. The number of ether oxygens (including phenoxy) is 1. The van der Waals surface area contributed by atoms with Crippen molar-refractivity contribution in [2.75, 3.05) is 11.5 Å². The molecular weight excluding hydrogens is 406 g/mol. The molecular formula is C25H27N3O4. The molecule has 1 aliphatic rings. The summed E-state index contributed by atoms with van der Waals surface area (Å²) in [4.78, 5) is 33.0. The lowest BCUT2D eigenvalue weighted by Gasteiger charge is -2.32. The van der Waals surface area contributed by atoms with Crippen molar-refractivity contribution < 1.29 is 18.7 Å². The van der Waals surface area contributed by atoms with E-state index in [4.69, 9.17) is 9.15 Å². The van der Waals surface area contributed by atoms with Crippen LogP contribution in [0.5, 0.6) is 5.75 Å². The maximum Gasteiger partial charge on any atom is 0.295 e. The quantitative estimate of drug-likeness (QED) is 0.565. The molecule has 0 saturated heterocycles. The molecule has 1 saturated carbocycles. The van der Waals surface area contributed by atoms with E-state index < -0.39 is 11.9 Å². The van der Waals surface area contributed by atoms with Crippen molar-refractivity contribution in [2.24, 2.45) is 0 Å². The van der Waals surface area contributed by atoms with Gasteiger partial charge in [-0.25, -0.2) is 0 Å². The molecule has 0 bridgehead atoms. The van der Waals surface area contributed by atoms with Crippen LogP contribution in [-0.4, -0.2) is 29.4 Å². The Labute approximate surface area is 187 Å². The number of nitrogens with one attached hydrogen (secondary N) is 1. The van der Waals surface area contributed by atoms with Crippen molar-refractivity contribution in [2.45, 2.75) is 44.7 Å². The van der Waals surface area contributed by atoms with E-state index in [-0.39, 0.29) is 17.7 Å². The molecule has 0 aliphatic heterocycles. The third-order valence-electron chi connectivity index (χ3n) is 5.58. The molecule has 1 aliphatic carbocycles. The van der Waals surface area contributed by atoms with Gasteiger partial charge in [0.25, 0.3) is 5.91 Å². The van der Waals surface area contributed by atoms with Gasteiger partial charge in [0, 0.05) is 24.0 Å². The molecule has 7 heteroatoms. The summed E-state index contributed by atoms with van der Waals surface area (Å²) in [7, 11) is 0. The molecule has 1 aromatic carbocycles. The second-order valence-electron chi connectivity index (χ2n) is 7.73. The van der Waals surface area contributed by atoms with Gasteiger partial charge in [-0.15, -0.1) is 0 Å². The van der Waals surface area contributed by atoms with Gasteiger partial charge in [-0.1, -0.05) is 31.0 Å². The smallest absolute Gasteiger partial charge is 0.295 e. The van der Waals surface area contributed by atoms with E-state index in [0.29, 0.717) is 23.6 Å². The molecule has 3 aromatic rings. The van der Waals surface area contributed by atoms with Gasteiger partial charge >= 0.3 is 0 Å². The van der Waals surface area contributed by atoms with Crippen molar-refractivity contribution >= 4 is 17.5 Å². The first-order valence-corrected chi connectivity index (χ1v) is 11.0. The van der Waals surface area contributed by atoms with Crippen LogP contribution in [0.3, 0.4) is 0 Å². The fourth-order valence-electron chi connectivity index (χ4n) is 4.12. The van der Waals surface area contributed by atoms with Crippen LogP contribution in [0.4, 0.5) is 5.69 Å². The minimum atomic E-state index is -0.941. The minimum Gasteiger partial charge on any atom is -0.492 e. The first-order valence-electron chi connectivity index (χ1n) is 11.0. The summed E-state index contributed by atoms with van der Waals surface area (Å²) in [5.41, 5.74) is 1.10. The van der Waals surface area contributed by atoms with Crippen LogP contribution in [0.15, 0.2) is 71.6 Å². The predicted molar refractivity (Wildman–Crippen MR) is 121 cm³/mol. The van der Waals surface area contributed by atoms with E-state index in [2.05, 4.69) is 10.3 Å². The summed E-state index contributed by atoms with van der Waals surface area (Å²) < 4.78 is 11.2. The molecule has 0 unspecified atom stereocenters. The number of rotatable bonds is 8. The zero-order valence-electron chi connectivity index (χ0n) is 18.1. The van der Waals surface area contributed by atoms with Crippen molar-refractivity contribution in [3.8, 4) is 5.75 Å². The second-order valence-corrected chi connectivity index (χ2v) is 7.73. The first-order chi connectivity index (χ1) is 15.7. The van der Waals surface area contributed by atoms with E-state index in [9.17, 15) is 9.59 Å². The average molecular weight is 434 g/mol. The number of hydrogen-bond donors (Lipinski definition) is 1. The maximum atomic E-state index is 13.7. The Kier molecular flexibility index (Phi) is 6.84. The van der Waals surface area contributed by atoms with Crippen molar-refractivity contribution in [1.82, 2.24) is 10.3 Å². The summed E-state index contributed by atoms with van der Waals surface area (Å²) >= 11 is 0. The molecule has 1 fully saturated rings. The van der Waals surface area contributed by atoms with Gasteiger partial charge in [-0.2, -0.15) is 0 Å². The molecule has 0 radical (unpaired) electrons. The largest absolute Gasteiger partial charge is 0.492 e. The van der Waals surface area contributed by atoms with E-state index in [0.717, 1.165) is 25.7 Å². The van der Waals surface area contributed by atoms with Crippen LogP contribution in [0, 0.1) is 0 Å². The van der Waals surface area contributed by atoms with Crippen LogP contribution in [0.2, 0.25) is 0 Å². The molecule has 1 atom stereocenters. The van der Waals surface area contributed by atoms with Crippen LogP contribution < -0.4 is 15.0 Å². The molecule has 1 N–H and O–H groups in total. The number of nitrogens with zero attached hydrogens (tertiary/aromatic N) is 2. The minimum absolute atomic E-state index is 0.101. The van der Waals surface area contributed by atoms with Crippen molar-refractivity contribution in [3.05, 3.63) is 78.5 Å². The number of hydrogen-bond acceptors (Lipinski definition) is 5. The normalized spacial score (nSPS) is 14.7. The molecule has 32 heavy (non-hydrogen) atoms. The fourth-order valence-corrected chi connectivity index (χ4v) is 4.12. The van der Waals surface area contributed by atoms with E-state index in [1.807, 2.05) is 19.1 Å². The highest BCUT2D eigenvalue weighted by Crippen LogP contribution is 2.36. The number of furan rings is 1. The van der Waals surface area contributed by atoms with Gasteiger partial charge in [0.1, 0.15) is 11.8 Å². The Morgan fingerprint density at radius 2 is 1.97 bits per heavy atom. The number of carbonyl (C=O) groups excluding carboxylic acids is 2. The monoisotopic (exact) mass is 433 g/mol. The van der Waals surface area contributed by atoms with Gasteiger partial charge in [-0.05, 0) is 50.1 Å². The number of para-hydroxylation sites is 2. The number of pyridine rings is 1. The zero-order valence-corrected chi connectivity index (χ0v) is 18.1. The molecule has 2 heterocycles.